The zero-order valence-corrected chi connectivity index (χ0v) is 25.0. The van der Waals surface area contributed by atoms with E-state index in [0.29, 0.717) is 18.9 Å². The van der Waals surface area contributed by atoms with E-state index in [1.807, 2.05) is 24.8 Å². The maximum Gasteiger partial charge on any atom is 0.263 e. The van der Waals surface area contributed by atoms with Crippen LogP contribution in [0.1, 0.15) is 55.0 Å². The van der Waals surface area contributed by atoms with Crippen LogP contribution in [0.25, 0.3) is 16.9 Å². The van der Waals surface area contributed by atoms with Crippen molar-refractivity contribution in [2.75, 3.05) is 38.6 Å². The van der Waals surface area contributed by atoms with Crippen LogP contribution < -0.4 is 4.90 Å². The van der Waals surface area contributed by atoms with Crippen LogP contribution >= 0.6 is 0 Å². The highest BCUT2D eigenvalue weighted by Crippen LogP contribution is 2.37. The lowest BCUT2D eigenvalue weighted by Gasteiger charge is -2.48. The quantitative estimate of drug-likeness (QED) is 0.202. The summed E-state index contributed by atoms with van der Waals surface area (Å²) in [6, 6.07) is 12.2. The van der Waals surface area contributed by atoms with Gasteiger partial charge in [0.15, 0.2) is 11.5 Å². The number of piperazine rings is 1. The molecule has 1 saturated heterocycles. The average molecular weight is 610 g/mol. The lowest BCUT2D eigenvalue weighted by atomic mass is 9.92. The number of alkyl halides is 4. The molecule has 6 rings (SSSR count). The second-order valence-electron chi connectivity index (χ2n) is 11.7. The normalized spacial score (nSPS) is 18.2. The molecule has 0 saturated carbocycles. The first-order chi connectivity index (χ1) is 21.1. The molecule has 232 valence electrons. The SMILES string of the molecule is C[C@@H]1CN(c2nc3nncn3c3c2ncn3CCN(C)C)[C@@H](C)CN1C(c1ccc(C(F)F)cc1)c1ccc(C(F)F)cc1. The Morgan fingerprint density at radius 2 is 1.41 bits per heavy atom. The highest BCUT2D eigenvalue weighted by molar-refractivity contribution is 5.86. The predicted molar refractivity (Wildman–Crippen MR) is 160 cm³/mol. The van der Waals surface area contributed by atoms with Crippen LogP contribution in [0.4, 0.5) is 23.4 Å². The average Bonchev–Trinajstić information content (AvgIpc) is 3.65. The van der Waals surface area contributed by atoms with Gasteiger partial charge in [-0.25, -0.2) is 26.9 Å². The highest BCUT2D eigenvalue weighted by atomic mass is 19.3. The van der Waals surface area contributed by atoms with Crippen molar-refractivity contribution in [2.45, 2.75) is 51.4 Å². The molecular weight excluding hydrogens is 574 g/mol. The summed E-state index contributed by atoms with van der Waals surface area (Å²) in [7, 11) is 4.05. The van der Waals surface area contributed by atoms with Gasteiger partial charge in [-0.15, -0.1) is 10.2 Å². The van der Waals surface area contributed by atoms with Crippen molar-refractivity contribution in [2.24, 2.45) is 0 Å². The molecule has 0 radical (unpaired) electrons. The van der Waals surface area contributed by atoms with Crippen LogP contribution in [0, 0.1) is 0 Å². The van der Waals surface area contributed by atoms with E-state index in [9.17, 15) is 17.6 Å². The largest absolute Gasteiger partial charge is 0.349 e. The smallest absolute Gasteiger partial charge is 0.263 e. The Labute approximate surface area is 252 Å². The molecule has 9 nitrogen and oxygen atoms in total. The van der Waals surface area contributed by atoms with Crippen LogP contribution in [0.5, 0.6) is 0 Å². The fourth-order valence-corrected chi connectivity index (χ4v) is 6.09. The van der Waals surface area contributed by atoms with E-state index >= 15 is 0 Å². The topological polar surface area (TPSA) is 70.6 Å². The minimum Gasteiger partial charge on any atom is -0.349 e. The number of halogens is 4. The first-order valence-corrected chi connectivity index (χ1v) is 14.6. The summed E-state index contributed by atoms with van der Waals surface area (Å²) in [5.74, 6) is 1.21. The fourth-order valence-electron chi connectivity index (χ4n) is 6.09. The summed E-state index contributed by atoms with van der Waals surface area (Å²) in [6.45, 7) is 6.98. The van der Waals surface area contributed by atoms with Crippen LogP contribution in [0.2, 0.25) is 0 Å². The van der Waals surface area contributed by atoms with E-state index in [4.69, 9.17) is 9.97 Å². The van der Waals surface area contributed by atoms with Gasteiger partial charge >= 0.3 is 0 Å². The highest BCUT2D eigenvalue weighted by Gasteiger charge is 2.37. The third-order valence-corrected chi connectivity index (χ3v) is 8.42. The number of hydrogen-bond donors (Lipinski definition) is 0. The third kappa shape index (κ3) is 5.61. The number of hydrogen-bond acceptors (Lipinski definition) is 7. The van der Waals surface area contributed by atoms with E-state index in [0.717, 1.165) is 41.2 Å². The van der Waals surface area contributed by atoms with Gasteiger partial charge in [0, 0.05) is 49.4 Å². The van der Waals surface area contributed by atoms with Crippen molar-refractivity contribution in [3.05, 3.63) is 83.4 Å². The zero-order valence-electron chi connectivity index (χ0n) is 25.0. The summed E-state index contributed by atoms with van der Waals surface area (Å²) < 4.78 is 57.4. The number of fused-ring (bicyclic) bond motifs is 3. The second-order valence-corrected chi connectivity index (χ2v) is 11.7. The molecule has 13 heteroatoms. The molecule has 5 aromatic rings. The molecule has 44 heavy (non-hydrogen) atoms. The van der Waals surface area contributed by atoms with Gasteiger partial charge in [0.1, 0.15) is 11.8 Å². The molecule has 0 spiro atoms. The third-order valence-electron chi connectivity index (χ3n) is 8.42. The molecule has 0 unspecified atom stereocenters. The maximum absolute atomic E-state index is 13.4. The lowest BCUT2D eigenvalue weighted by molar-refractivity contribution is 0.129. The van der Waals surface area contributed by atoms with Gasteiger partial charge < -0.3 is 14.4 Å². The van der Waals surface area contributed by atoms with Gasteiger partial charge in [-0.05, 0) is 39.1 Å². The molecule has 0 N–H and O–H groups in total. The Morgan fingerprint density at radius 1 is 0.818 bits per heavy atom. The molecule has 0 amide bonds. The minimum atomic E-state index is -2.58. The van der Waals surface area contributed by atoms with Crippen molar-refractivity contribution in [1.29, 1.82) is 0 Å². The summed E-state index contributed by atoms with van der Waals surface area (Å²) in [5, 5.41) is 8.35. The van der Waals surface area contributed by atoms with Crippen molar-refractivity contribution in [3.8, 4) is 0 Å². The van der Waals surface area contributed by atoms with E-state index in [1.165, 1.54) is 24.3 Å². The Balaban J connectivity index is 1.36. The Hall–Kier alpha value is -4.10. The van der Waals surface area contributed by atoms with Crippen LogP contribution in [0.3, 0.4) is 0 Å². The summed E-state index contributed by atoms with van der Waals surface area (Å²) in [5.41, 5.74) is 3.14. The maximum atomic E-state index is 13.4. The van der Waals surface area contributed by atoms with Crippen molar-refractivity contribution < 1.29 is 17.6 Å². The number of anilines is 1. The zero-order chi connectivity index (χ0) is 31.1. The monoisotopic (exact) mass is 609 g/mol. The molecule has 1 aliphatic heterocycles. The number of aromatic nitrogens is 6. The van der Waals surface area contributed by atoms with E-state index in [1.54, 1.807) is 30.6 Å². The van der Waals surface area contributed by atoms with Gasteiger partial charge in [0.05, 0.1) is 12.4 Å². The first kappa shape index (κ1) is 29.9. The molecule has 0 bridgehead atoms. The van der Waals surface area contributed by atoms with Crippen LogP contribution in [-0.4, -0.2) is 84.7 Å². The summed E-state index contributed by atoms with van der Waals surface area (Å²) >= 11 is 0. The molecule has 1 fully saturated rings. The molecule has 3 aromatic heterocycles. The Kier molecular flexibility index (Phi) is 8.25. The number of likely N-dealkylation sites (N-methyl/N-ethyl adjacent to an activating group) is 1. The Morgan fingerprint density at radius 3 is 1.98 bits per heavy atom. The number of benzene rings is 2. The molecule has 2 atom stereocenters. The first-order valence-electron chi connectivity index (χ1n) is 14.6. The van der Waals surface area contributed by atoms with Gasteiger partial charge in [0.2, 0.25) is 0 Å². The number of nitrogens with zero attached hydrogens (tertiary/aromatic N) is 9. The molecular formula is C31H35F4N9. The van der Waals surface area contributed by atoms with Crippen molar-refractivity contribution >= 4 is 22.8 Å². The van der Waals surface area contributed by atoms with Crippen molar-refractivity contribution in [1.82, 2.24) is 38.9 Å². The van der Waals surface area contributed by atoms with Gasteiger partial charge in [-0.1, -0.05) is 48.5 Å². The second kappa shape index (κ2) is 12.1. The van der Waals surface area contributed by atoms with Gasteiger partial charge in [-0.2, -0.15) is 4.98 Å². The molecule has 4 heterocycles. The van der Waals surface area contributed by atoms with E-state index in [2.05, 4.69) is 43.3 Å². The predicted octanol–water partition coefficient (Wildman–Crippen LogP) is 5.60. The number of rotatable bonds is 9. The van der Waals surface area contributed by atoms with Crippen molar-refractivity contribution in [3.63, 3.8) is 0 Å². The minimum absolute atomic E-state index is 0.0254. The van der Waals surface area contributed by atoms with Crippen LogP contribution in [0.15, 0.2) is 61.2 Å². The lowest BCUT2D eigenvalue weighted by Crippen LogP contribution is -2.57. The molecule has 2 aromatic carbocycles. The molecule has 1 aliphatic rings. The molecule has 0 aliphatic carbocycles. The van der Waals surface area contributed by atoms with Gasteiger partial charge in [-0.3, -0.25) is 4.90 Å². The van der Waals surface area contributed by atoms with Crippen LogP contribution in [-0.2, 0) is 6.54 Å². The van der Waals surface area contributed by atoms with E-state index < -0.39 is 12.9 Å². The Bertz CT molecular complexity index is 1660. The summed E-state index contributed by atoms with van der Waals surface area (Å²) in [6.07, 6.45) is -1.68. The summed E-state index contributed by atoms with van der Waals surface area (Å²) in [4.78, 5) is 16.3. The van der Waals surface area contributed by atoms with Gasteiger partial charge in [0.25, 0.3) is 18.6 Å². The van der Waals surface area contributed by atoms with E-state index in [-0.39, 0.29) is 29.3 Å². The fraction of sp³-hybridized carbons (Fsp3) is 0.419. The standard InChI is InChI=1S/C31H35F4N9/c1-19-16-43(29-25-30(44-18-37-39-31(44)38-29)41(17-36-25)14-13-40(3)4)20(2)15-42(19)26(21-5-9-23(10-6-21)27(32)33)22-7-11-24(12-8-22)28(34)35/h5-12,17-20,26-28H,13-16H2,1-4H3/t19-,20+/m1/s1. The number of imidazole rings is 1.